The Labute approximate surface area is 142 Å². The zero-order chi connectivity index (χ0) is 14.8. The molecule has 0 saturated carbocycles. The molecule has 1 atom stereocenters. The Kier molecular flexibility index (Phi) is 7.24. The quantitative estimate of drug-likeness (QED) is 0.862. The van der Waals surface area contributed by atoms with E-state index < -0.39 is 10.0 Å². The lowest BCUT2D eigenvalue weighted by Crippen LogP contribution is -2.41. The van der Waals surface area contributed by atoms with E-state index in [0.29, 0.717) is 18.1 Å². The van der Waals surface area contributed by atoms with Crippen LogP contribution in [0, 0.1) is 0 Å². The highest BCUT2D eigenvalue weighted by Crippen LogP contribution is 2.28. The van der Waals surface area contributed by atoms with Crippen LogP contribution in [0.5, 0.6) is 0 Å². The zero-order valence-corrected chi connectivity index (χ0v) is 14.8. The van der Waals surface area contributed by atoms with Gasteiger partial charge in [-0.2, -0.15) is 4.31 Å². The van der Waals surface area contributed by atoms with Crippen LogP contribution in [0.4, 0.5) is 0 Å². The summed E-state index contributed by atoms with van der Waals surface area (Å²) in [5, 5.41) is 3.82. The standard InChI is InChI=1S/C13H18Cl2N2O2S.ClH/c1-2-7-17(10-5-6-16-9-10)20(18,19)11-3-4-12(14)13(15)8-11;/h3-4,8,10,16H,2,5-7,9H2,1H3;1H. The Morgan fingerprint density at radius 3 is 2.57 bits per heavy atom. The van der Waals surface area contributed by atoms with E-state index in [9.17, 15) is 8.42 Å². The highest BCUT2D eigenvalue weighted by atomic mass is 35.5. The summed E-state index contributed by atoms with van der Waals surface area (Å²) < 4.78 is 27.1. The fourth-order valence-corrected chi connectivity index (χ4v) is 4.51. The number of nitrogens with one attached hydrogen (secondary N) is 1. The first kappa shape index (κ1) is 19.0. The molecule has 21 heavy (non-hydrogen) atoms. The van der Waals surface area contributed by atoms with Crippen LogP contribution >= 0.6 is 35.6 Å². The van der Waals surface area contributed by atoms with Crippen molar-refractivity contribution >= 4 is 45.6 Å². The van der Waals surface area contributed by atoms with Gasteiger partial charge in [-0.1, -0.05) is 30.1 Å². The minimum Gasteiger partial charge on any atom is -0.315 e. The van der Waals surface area contributed by atoms with Gasteiger partial charge in [0.2, 0.25) is 10.0 Å². The molecule has 1 fully saturated rings. The Bertz CT molecular complexity index is 575. The van der Waals surface area contributed by atoms with Gasteiger partial charge in [0, 0.05) is 19.1 Å². The van der Waals surface area contributed by atoms with Crippen LogP contribution in [0.1, 0.15) is 19.8 Å². The molecule has 1 heterocycles. The maximum atomic E-state index is 12.8. The molecule has 1 aromatic rings. The maximum Gasteiger partial charge on any atom is 0.243 e. The second kappa shape index (κ2) is 7.99. The average Bonchev–Trinajstić information content (AvgIpc) is 2.92. The number of hydrogen-bond acceptors (Lipinski definition) is 3. The van der Waals surface area contributed by atoms with E-state index >= 15 is 0 Å². The van der Waals surface area contributed by atoms with Gasteiger partial charge in [0.05, 0.1) is 14.9 Å². The molecule has 0 radical (unpaired) electrons. The molecule has 0 bridgehead atoms. The Hall–Kier alpha value is -0.0400. The molecular formula is C13H19Cl3N2O2S. The van der Waals surface area contributed by atoms with Crippen LogP contribution in [0.15, 0.2) is 23.1 Å². The zero-order valence-electron chi connectivity index (χ0n) is 11.7. The van der Waals surface area contributed by atoms with E-state index in [0.717, 1.165) is 19.4 Å². The second-order valence-corrected chi connectivity index (χ2v) is 7.54. The number of nitrogens with zero attached hydrogens (tertiary/aromatic N) is 1. The van der Waals surface area contributed by atoms with Gasteiger partial charge in [0.15, 0.2) is 0 Å². The highest BCUT2D eigenvalue weighted by molar-refractivity contribution is 7.89. The summed E-state index contributed by atoms with van der Waals surface area (Å²) in [7, 11) is -3.54. The van der Waals surface area contributed by atoms with Crippen LogP contribution in [-0.2, 0) is 10.0 Å². The first-order chi connectivity index (χ1) is 9.46. The smallest absolute Gasteiger partial charge is 0.243 e. The van der Waals surface area contributed by atoms with E-state index in [-0.39, 0.29) is 28.4 Å². The third-order valence-corrected chi connectivity index (χ3v) is 6.07. The summed E-state index contributed by atoms with van der Waals surface area (Å²) in [6.07, 6.45) is 1.61. The summed E-state index contributed by atoms with van der Waals surface area (Å²) in [5.41, 5.74) is 0. The molecule has 1 aromatic carbocycles. The number of benzene rings is 1. The summed E-state index contributed by atoms with van der Waals surface area (Å²) >= 11 is 11.8. The third-order valence-electron chi connectivity index (χ3n) is 3.38. The fraction of sp³-hybridized carbons (Fsp3) is 0.538. The van der Waals surface area contributed by atoms with Gasteiger partial charge in [-0.3, -0.25) is 0 Å². The number of sulfonamides is 1. The van der Waals surface area contributed by atoms with Gasteiger partial charge in [0.25, 0.3) is 0 Å². The van der Waals surface area contributed by atoms with Crippen molar-refractivity contribution < 1.29 is 8.42 Å². The predicted molar refractivity (Wildman–Crippen MR) is 89.2 cm³/mol. The number of halogens is 3. The lowest BCUT2D eigenvalue weighted by molar-refractivity contribution is 0.335. The molecule has 0 amide bonds. The molecule has 2 rings (SSSR count). The third kappa shape index (κ3) is 4.24. The molecule has 8 heteroatoms. The summed E-state index contributed by atoms with van der Waals surface area (Å²) in [6, 6.07) is 4.46. The van der Waals surface area contributed by atoms with Crippen molar-refractivity contribution in [3.8, 4) is 0 Å². The van der Waals surface area contributed by atoms with Crippen LogP contribution in [0.2, 0.25) is 10.0 Å². The van der Waals surface area contributed by atoms with Gasteiger partial charge in [-0.05, 0) is 37.6 Å². The first-order valence-corrected chi connectivity index (χ1v) is 8.84. The van der Waals surface area contributed by atoms with Crippen molar-refractivity contribution in [2.45, 2.75) is 30.7 Å². The van der Waals surface area contributed by atoms with E-state index in [1.54, 1.807) is 4.31 Å². The minimum absolute atomic E-state index is 0. The summed E-state index contributed by atoms with van der Waals surface area (Å²) in [5.74, 6) is 0. The molecule has 0 aromatic heterocycles. The molecule has 1 N–H and O–H groups in total. The second-order valence-electron chi connectivity index (χ2n) is 4.84. The highest BCUT2D eigenvalue weighted by Gasteiger charge is 2.32. The van der Waals surface area contributed by atoms with Gasteiger partial charge < -0.3 is 5.32 Å². The normalized spacial score (nSPS) is 18.8. The lowest BCUT2D eigenvalue weighted by atomic mass is 10.2. The van der Waals surface area contributed by atoms with Gasteiger partial charge in [0.1, 0.15) is 0 Å². The van der Waals surface area contributed by atoms with Crippen molar-refractivity contribution in [3.05, 3.63) is 28.2 Å². The predicted octanol–water partition coefficient (Wildman–Crippen LogP) is 3.18. The summed E-state index contributed by atoms with van der Waals surface area (Å²) in [6.45, 7) is 4.02. The van der Waals surface area contributed by atoms with E-state index in [1.807, 2.05) is 6.92 Å². The molecule has 1 aliphatic heterocycles. The molecule has 1 saturated heterocycles. The Morgan fingerprint density at radius 1 is 1.33 bits per heavy atom. The van der Waals surface area contributed by atoms with E-state index in [2.05, 4.69) is 5.32 Å². The van der Waals surface area contributed by atoms with Crippen molar-refractivity contribution in [3.63, 3.8) is 0 Å². The topological polar surface area (TPSA) is 49.4 Å². The number of rotatable bonds is 5. The van der Waals surface area contributed by atoms with Crippen molar-refractivity contribution in [1.82, 2.24) is 9.62 Å². The first-order valence-electron chi connectivity index (χ1n) is 6.64. The van der Waals surface area contributed by atoms with Gasteiger partial charge in [-0.15, -0.1) is 12.4 Å². The van der Waals surface area contributed by atoms with Crippen LogP contribution in [0.25, 0.3) is 0 Å². The van der Waals surface area contributed by atoms with Crippen LogP contribution in [0.3, 0.4) is 0 Å². The van der Waals surface area contributed by atoms with Crippen molar-refractivity contribution in [1.29, 1.82) is 0 Å². The van der Waals surface area contributed by atoms with Crippen LogP contribution < -0.4 is 5.32 Å². The minimum atomic E-state index is -3.54. The molecule has 1 aliphatic rings. The largest absolute Gasteiger partial charge is 0.315 e. The molecule has 0 aliphatic carbocycles. The summed E-state index contributed by atoms with van der Waals surface area (Å²) in [4.78, 5) is 0.201. The molecule has 4 nitrogen and oxygen atoms in total. The molecule has 1 unspecified atom stereocenters. The van der Waals surface area contributed by atoms with Crippen molar-refractivity contribution in [2.24, 2.45) is 0 Å². The Balaban J connectivity index is 0.00000220. The monoisotopic (exact) mass is 372 g/mol. The van der Waals surface area contributed by atoms with Gasteiger partial charge >= 0.3 is 0 Å². The molecular weight excluding hydrogens is 355 g/mol. The maximum absolute atomic E-state index is 12.8. The Morgan fingerprint density at radius 2 is 2.05 bits per heavy atom. The van der Waals surface area contributed by atoms with E-state index in [1.165, 1.54) is 18.2 Å². The average molecular weight is 374 g/mol. The van der Waals surface area contributed by atoms with Crippen molar-refractivity contribution in [2.75, 3.05) is 19.6 Å². The SMILES string of the molecule is CCCN(C1CCNC1)S(=O)(=O)c1ccc(Cl)c(Cl)c1.Cl. The van der Waals surface area contributed by atoms with E-state index in [4.69, 9.17) is 23.2 Å². The molecule has 120 valence electrons. The van der Waals surface area contributed by atoms with Gasteiger partial charge in [-0.25, -0.2) is 8.42 Å². The number of hydrogen-bond donors (Lipinski definition) is 1. The van der Waals surface area contributed by atoms with Crippen LogP contribution in [-0.4, -0.2) is 38.4 Å². The molecule has 0 spiro atoms. The lowest BCUT2D eigenvalue weighted by Gasteiger charge is -2.27. The fourth-order valence-electron chi connectivity index (χ4n) is 2.38.